The van der Waals surface area contributed by atoms with Crippen LogP contribution < -0.4 is 4.74 Å². The Bertz CT molecular complexity index is 687. The molecule has 0 spiro atoms. The Hall–Kier alpha value is -2.14. The monoisotopic (exact) mass is 306 g/mol. The second-order valence-corrected chi connectivity index (χ2v) is 5.41. The van der Waals surface area contributed by atoms with Crippen LogP contribution in [0.15, 0.2) is 30.3 Å². The first-order valence-corrected chi connectivity index (χ1v) is 6.85. The molecule has 21 heavy (non-hydrogen) atoms. The zero-order valence-corrected chi connectivity index (χ0v) is 12.7. The molecule has 5 nitrogen and oxygen atoms in total. The SMILES string of the molecule is Cc1ccc(C(C)C)cc1Oc1cc([N+](=O)[O-])cc(Cl)n1. The van der Waals surface area contributed by atoms with Gasteiger partial charge in [0.1, 0.15) is 10.9 Å². The van der Waals surface area contributed by atoms with E-state index in [0.29, 0.717) is 11.7 Å². The van der Waals surface area contributed by atoms with Crippen molar-refractivity contribution in [1.29, 1.82) is 0 Å². The van der Waals surface area contributed by atoms with E-state index in [-0.39, 0.29) is 16.7 Å². The lowest BCUT2D eigenvalue weighted by Gasteiger charge is -2.12. The highest BCUT2D eigenvalue weighted by Crippen LogP contribution is 2.30. The summed E-state index contributed by atoms with van der Waals surface area (Å²) in [4.78, 5) is 14.3. The average molecular weight is 307 g/mol. The van der Waals surface area contributed by atoms with E-state index in [1.54, 1.807) is 0 Å². The summed E-state index contributed by atoms with van der Waals surface area (Å²) in [6.45, 7) is 6.06. The molecule has 0 radical (unpaired) electrons. The van der Waals surface area contributed by atoms with Crippen LogP contribution in [0.2, 0.25) is 5.15 Å². The minimum absolute atomic E-state index is 0.0249. The van der Waals surface area contributed by atoms with Crippen molar-refractivity contribution in [3.8, 4) is 11.6 Å². The molecule has 0 aliphatic carbocycles. The predicted octanol–water partition coefficient (Wildman–Crippen LogP) is 4.87. The van der Waals surface area contributed by atoms with E-state index in [2.05, 4.69) is 18.8 Å². The molecule has 0 N–H and O–H groups in total. The number of benzene rings is 1. The first-order valence-electron chi connectivity index (χ1n) is 6.47. The first kappa shape index (κ1) is 15.3. The van der Waals surface area contributed by atoms with Gasteiger partial charge in [-0.15, -0.1) is 0 Å². The van der Waals surface area contributed by atoms with E-state index in [1.165, 1.54) is 12.1 Å². The second kappa shape index (κ2) is 6.10. The van der Waals surface area contributed by atoms with Crippen LogP contribution in [0.25, 0.3) is 0 Å². The van der Waals surface area contributed by atoms with Gasteiger partial charge in [0.05, 0.1) is 17.1 Å². The van der Waals surface area contributed by atoms with Gasteiger partial charge in [0.2, 0.25) is 5.88 Å². The Morgan fingerprint density at radius 3 is 2.62 bits per heavy atom. The van der Waals surface area contributed by atoms with Crippen molar-refractivity contribution in [3.05, 3.63) is 56.7 Å². The van der Waals surface area contributed by atoms with Gasteiger partial charge in [0.15, 0.2) is 0 Å². The number of halogens is 1. The minimum atomic E-state index is -0.530. The predicted molar refractivity (Wildman–Crippen MR) is 81.2 cm³/mol. The molecule has 110 valence electrons. The van der Waals surface area contributed by atoms with Crippen molar-refractivity contribution in [3.63, 3.8) is 0 Å². The Morgan fingerprint density at radius 1 is 1.29 bits per heavy atom. The number of ether oxygens (including phenoxy) is 1. The zero-order valence-electron chi connectivity index (χ0n) is 12.0. The van der Waals surface area contributed by atoms with E-state index in [9.17, 15) is 10.1 Å². The number of aryl methyl sites for hydroxylation is 1. The zero-order chi connectivity index (χ0) is 15.6. The van der Waals surface area contributed by atoms with Crippen molar-refractivity contribution in [1.82, 2.24) is 4.98 Å². The maximum absolute atomic E-state index is 10.8. The molecule has 0 aliphatic heterocycles. The van der Waals surface area contributed by atoms with E-state index in [1.807, 2.05) is 25.1 Å². The fourth-order valence-corrected chi connectivity index (χ4v) is 2.01. The summed E-state index contributed by atoms with van der Waals surface area (Å²) >= 11 is 5.79. The molecule has 1 aromatic heterocycles. The lowest BCUT2D eigenvalue weighted by Crippen LogP contribution is -1.96. The van der Waals surface area contributed by atoms with Crippen LogP contribution in [-0.2, 0) is 0 Å². The summed E-state index contributed by atoms with van der Waals surface area (Å²) in [7, 11) is 0. The Labute approximate surface area is 127 Å². The van der Waals surface area contributed by atoms with Crippen molar-refractivity contribution in [2.24, 2.45) is 0 Å². The third-order valence-electron chi connectivity index (χ3n) is 3.06. The van der Waals surface area contributed by atoms with Crippen LogP contribution in [0, 0.1) is 17.0 Å². The molecule has 0 bridgehead atoms. The quantitative estimate of drug-likeness (QED) is 0.459. The molecule has 1 heterocycles. The van der Waals surface area contributed by atoms with E-state index >= 15 is 0 Å². The molecule has 0 fully saturated rings. The molecule has 0 saturated heterocycles. The second-order valence-electron chi connectivity index (χ2n) is 5.03. The molecule has 0 aliphatic rings. The highest BCUT2D eigenvalue weighted by atomic mass is 35.5. The van der Waals surface area contributed by atoms with Crippen LogP contribution >= 0.6 is 11.6 Å². The smallest absolute Gasteiger partial charge is 0.277 e. The van der Waals surface area contributed by atoms with Crippen molar-refractivity contribution >= 4 is 17.3 Å². The minimum Gasteiger partial charge on any atom is -0.438 e. The number of rotatable bonds is 4. The Morgan fingerprint density at radius 2 is 2.00 bits per heavy atom. The van der Waals surface area contributed by atoms with Crippen molar-refractivity contribution < 1.29 is 9.66 Å². The Balaban J connectivity index is 2.38. The summed E-state index contributed by atoms with van der Waals surface area (Å²) in [5.41, 5.74) is 1.89. The normalized spacial score (nSPS) is 10.7. The fourth-order valence-electron chi connectivity index (χ4n) is 1.82. The van der Waals surface area contributed by atoms with E-state index in [4.69, 9.17) is 16.3 Å². The molecule has 0 atom stereocenters. The number of nitro groups is 1. The summed E-state index contributed by atoms with van der Waals surface area (Å²) in [6, 6.07) is 8.33. The van der Waals surface area contributed by atoms with E-state index in [0.717, 1.165) is 11.1 Å². The van der Waals surface area contributed by atoms with Crippen LogP contribution in [0.3, 0.4) is 0 Å². The van der Waals surface area contributed by atoms with E-state index < -0.39 is 4.92 Å². The van der Waals surface area contributed by atoms with Gasteiger partial charge >= 0.3 is 0 Å². The van der Waals surface area contributed by atoms with Crippen LogP contribution in [0.5, 0.6) is 11.6 Å². The van der Waals surface area contributed by atoms with Crippen LogP contribution in [0.4, 0.5) is 5.69 Å². The van der Waals surface area contributed by atoms with Gasteiger partial charge in [-0.3, -0.25) is 10.1 Å². The maximum Gasteiger partial charge on any atom is 0.277 e. The lowest BCUT2D eigenvalue weighted by atomic mass is 10.0. The number of aromatic nitrogens is 1. The molecule has 0 saturated carbocycles. The molecular weight excluding hydrogens is 292 g/mol. The summed E-state index contributed by atoms with van der Waals surface area (Å²) in [5, 5.41) is 10.9. The largest absolute Gasteiger partial charge is 0.438 e. The van der Waals surface area contributed by atoms with Gasteiger partial charge in [0.25, 0.3) is 5.69 Å². The highest BCUT2D eigenvalue weighted by Gasteiger charge is 2.13. The van der Waals surface area contributed by atoms with Gasteiger partial charge in [-0.05, 0) is 30.0 Å². The summed E-state index contributed by atoms with van der Waals surface area (Å²) < 4.78 is 5.67. The Kier molecular flexibility index (Phi) is 4.43. The highest BCUT2D eigenvalue weighted by molar-refractivity contribution is 6.29. The molecule has 2 rings (SSSR count). The van der Waals surface area contributed by atoms with Gasteiger partial charge in [-0.1, -0.05) is 37.6 Å². The van der Waals surface area contributed by atoms with Crippen molar-refractivity contribution in [2.45, 2.75) is 26.7 Å². The van der Waals surface area contributed by atoms with Gasteiger partial charge in [-0.2, -0.15) is 0 Å². The topological polar surface area (TPSA) is 65.3 Å². The van der Waals surface area contributed by atoms with Gasteiger partial charge in [0, 0.05) is 0 Å². The van der Waals surface area contributed by atoms with Gasteiger partial charge in [-0.25, -0.2) is 4.98 Å². The van der Waals surface area contributed by atoms with Crippen LogP contribution in [0.1, 0.15) is 30.9 Å². The molecule has 6 heteroatoms. The van der Waals surface area contributed by atoms with Crippen molar-refractivity contribution in [2.75, 3.05) is 0 Å². The maximum atomic E-state index is 10.8. The number of pyridine rings is 1. The third kappa shape index (κ3) is 3.70. The lowest BCUT2D eigenvalue weighted by molar-refractivity contribution is -0.385. The summed E-state index contributed by atoms with van der Waals surface area (Å²) in [5.74, 6) is 1.08. The first-order chi connectivity index (χ1) is 9.86. The van der Waals surface area contributed by atoms with Gasteiger partial charge < -0.3 is 4.74 Å². The number of nitrogens with zero attached hydrogens (tertiary/aromatic N) is 2. The number of hydrogen-bond acceptors (Lipinski definition) is 4. The molecule has 2 aromatic rings. The number of hydrogen-bond donors (Lipinski definition) is 0. The molecule has 0 amide bonds. The third-order valence-corrected chi connectivity index (χ3v) is 3.25. The van der Waals surface area contributed by atoms with Crippen LogP contribution in [-0.4, -0.2) is 9.91 Å². The molecule has 1 aromatic carbocycles. The fraction of sp³-hybridized carbons (Fsp3) is 0.267. The standard InChI is InChI=1S/C15H15ClN2O3/c1-9(2)11-5-4-10(3)13(6-11)21-15-8-12(18(19)20)7-14(16)17-15/h4-9H,1-3H3. The molecule has 0 unspecified atom stereocenters. The average Bonchev–Trinajstić information content (AvgIpc) is 2.40. The summed E-state index contributed by atoms with van der Waals surface area (Å²) in [6.07, 6.45) is 0. The molecular formula is C15H15ClN2O3.